The number of halogens is 3. The number of alkyl halides is 3. The molecule has 164 valence electrons. The van der Waals surface area contributed by atoms with Crippen molar-refractivity contribution in [2.45, 2.75) is 31.3 Å². The van der Waals surface area contributed by atoms with Gasteiger partial charge in [-0.1, -0.05) is 12.1 Å². The van der Waals surface area contributed by atoms with Crippen molar-refractivity contribution in [2.24, 2.45) is 0 Å². The van der Waals surface area contributed by atoms with Gasteiger partial charge in [-0.25, -0.2) is 9.78 Å². The summed E-state index contributed by atoms with van der Waals surface area (Å²) in [6.07, 6.45) is -3.29. The monoisotopic (exact) mass is 433 g/mol. The minimum absolute atomic E-state index is 0.0326. The molecular formula is C21H22F3N5O2. The lowest BCUT2D eigenvalue weighted by Crippen LogP contribution is -2.46. The van der Waals surface area contributed by atoms with Crippen LogP contribution >= 0.6 is 0 Å². The van der Waals surface area contributed by atoms with E-state index in [9.17, 15) is 18.0 Å². The van der Waals surface area contributed by atoms with Crippen LogP contribution in [0.5, 0.6) is 5.75 Å². The highest BCUT2D eigenvalue weighted by atomic mass is 19.4. The summed E-state index contributed by atoms with van der Waals surface area (Å²) >= 11 is 0. The van der Waals surface area contributed by atoms with Crippen LogP contribution in [0.3, 0.4) is 0 Å². The number of nitrogens with zero attached hydrogens (tertiary/aromatic N) is 2. The van der Waals surface area contributed by atoms with Gasteiger partial charge in [0.1, 0.15) is 11.6 Å². The smallest absolute Gasteiger partial charge is 0.406 e. The lowest BCUT2D eigenvalue weighted by molar-refractivity contribution is -0.274. The van der Waals surface area contributed by atoms with E-state index in [2.05, 4.69) is 30.2 Å². The number of rotatable bonds is 4. The lowest BCUT2D eigenvalue weighted by Gasteiger charge is -2.36. The van der Waals surface area contributed by atoms with Crippen LogP contribution in [0.1, 0.15) is 24.7 Å². The van der Waals surface area contributed by atoms with Gasteiger partial charge in [0.2, 0.25) is 0 Å². The van der Waals surface area contributed by atoms with E-state index in [0.717, 1.165) is 42.0 Å². The van der Waals surface area contributed by atoms with E-state index < -0.39 is 12.4 Å². The molecule has 3 aromatic rings. The molecule has 2 heterocycles. The first-order valence-electron chi connectivity index (χ1n) is 9.85. The maximum atomic E-state index is 12.4. The second-order valence-electron chi connectivity index (χ2n) is 7.53. The molecule has 4 rings (SSSR count). The second-order valence-corrected chi connectivity index (χ2v) is 7.53. The van der Waals surface area contributed by atoms with Crippen molar-refractivity contribution < 1.29 is 22.7 Å². The molecule has 0 bridgehead atoms. The van der Waals surface area contributed by atoms with Crippen molar-refractivity contribution in [3.8, 4) is 5.75 Å². The largest absolute Gasteiger partial charge is 0.573 e. The second kappa shape index (κ2) is 8.46. The van der Waals surface area contributed by atoms with Crippen LogP contribution in [0, 0.1) is 0 Å². The standard InChI is InChI=1S/C21H22F3N5O2/c1-29-11-10-14(12-18(29)19-27-16-4-2-3-5-17(16)28-19)26-20(30)25-13-6-8-15(9-7-13)31-21(22,23)24/h2-9,14,18H,10-12H2,1H3,(H,27,28)(H2,25,26,30)/t14-,18-/m1/s1. The summed E-state index contributed by atoms with van der Waals surface area (Å²) in [7, 11) is 2.03. The normalized spacial score (nSPS) is 19.9. The molecule has 0 aliphatic carbocycles. The molecule has 1 aliphatic rings. The number of imidazole rings is 1. The summed E-state index contributed by atoms with van der Waals surface area (Å²) in [5.41, 5.74) is 2.24. The average Bonchev–Trinajstić information content (AvgIpc) is 3.14. The average molecular weight is 433 g/mol. The number of nitrogens with one attached hydrogen (secondary N) is 3. The van der Waals surface area contributed by atoms with Crippen molar-refractivity contribution in [1.29, 1.82) is 0 Å². The van der Waals surface area contributed by atoms with E-state index in [0.29, 0.717) is 12.1 Å². The third kappa shape index (κ3) is 5.26. The number of aromatic amines is 1. The molecule has 0 saturated carbocycles. The number of piperidine rings is 1. The molecule has 1 aliphatic heterocycles. The number of ether oxygens (including phenoxy) is 1. The van der Waals surface area contributed by atoms with E-state index in [4.69, 9.17) is 0 Å². The Kier molecular flexibility index (Phi) is 5.73. The van der Waals surface area contributed by atoms with E-state index >= 15 is 0 Å². The van der Waals surface area contributed by atoms with E-state index in [-0.39, 0.29) is 17.8 Å². The zero-order valence-corrected chi connectivity index (χ0v) is 16.7. The summed E-state index contributed by atoms with van der Waals surface area (Å²) in [5, 5.41) is 5.59. The van der Waals surface area contributed by atoms with Gasteiger partial charge in [0.05, 0.1) is 17.1 Å². The van der Waals surface area contributed by atoms with Crippen LogP contribution < -0.4 is 15.4 Å². The van der Waals surface area contributed by atoms with E-state index in [1.54, 1.807) is 0 Å². The van der Waals surface area contributed by atoms with Gasteiger partial charge in [-0.2, -0.15) is 0 Å². The SMILES string of the molecule is CN1CC[C@@H](NC(=O)Nc2ccc(OC(F)(F)F)cc2)C[C@@H]1c1nc2ccccc2[nH]1. The zero-order valence-electron chi connectivity index (χ0n) is 16.7. The Hall–Kier alpha value is -3.27. The summed E-state index contributed by atoms with van der Waals surface area (Å²) < 4.78 is 40.6. The van der Waals surface area contributed by atoms with Crippen LogP contribution in [0.2, 0.25) is 0 Å². The molecule has 0 unspecified atom stereocenters. The number of amides is 2. The molecular weight excluding hydrogens is 411 g/mol. The summed E-state index contributed by atoms with van der Waals surface area (Å²) in [6, 6.07) is 12.4. The lowest BCUT2D eigenvalue weighted by atomic mass is 9.97. The molecule has 2 atom stereocenters. The topological polar surface area (TPSA) is 82.3 Å². The molecule has 31 heavy (non-hydrogen) atoms. The minimum Gasteiger partial charge on any atom is -0.406 e. The molecule has 2 amide bonds. The molecule has 0 spiro atoms. The maximum absolute atomic E-state index is 12.4. The van der Waals surface area contributed by atoms with Crippen molar-refractivity contribution in [2.75, 3.05) is 18.9 Å². The van der Waals surface area contributed by atoms with Crippen molar-refractivity contribution in [3.05, 3.63) is 54.4 Å². The van der Waals surface area contributed by atoms with Gasteiger partial charge >= 0.3 is 12.4 Å². The highest BCUT2D eigenvalue weighted by Gasteiger charge is 2.31. The maximum Gasteiger partial charge on any atom is 0.573 e. The van der Waals surface area contributed by atoms with Gasteiger partial charge in [0.15, 0.2) is 0 Å². The van der Waals surface area contributed by atoms with Crippen molar-refractivity contribution >= 4 is 22.8 Å². The molecule has 2 aromatic carbocycles. The first-order chi connectivity index (χ1) is 14.8. The van der Waals surface area contributed by atoms with E-state index in [1.807, 2.05) is 31.3 Å². The third-order valence-corrected chi connectivity index (χ3v) is 5.27. The van der Waals surface area contributed by atoms with Gasteiger partial charge in [-0.15, -0.1) is 13.2 Å². The molecule has 3 N–H and O–H groups in total. The van der Waals surface area contributed by atoms with Gasteiger partial charge in [0, 0.05) is 18.3 Å². The number of carbonyl (C=O) groups is 1. The third-order valence-electron chi connectivity index (χ3n) is 5.27. The number of likely N-dealkylation sites (tertiary alicyclic amines) is 1. The molecule has 1 aromatic heterocycles. The van der Waals surface area contributed by atoms with Crippen LogP contribution in [-0.4, -0.2) is 46.9 Å². The Labute approximate surface area is 176 Å². The Balaban J connectivity index is 1.36. The number of carbonyl (C=O) groups excluding carboxylic acids is 1. The number of hydrogen-bond donors (Lipinski definition) is 3. The van der Waals surface area contributed by atoms with Crippen LogP contribution in [0.4, 0.5) is 23.7 Å². The number of hydrogen-bond acceptors (Lipinski definition) is 4. The molecule has 1 saturated heterocycles. The number of urea groups is 1. The van der Waals surface area contributed by atoms with Crippen LogP contribution in [0.25, 0.3) is 11.0 Å². The number of benzene rings is 2. The summed E-state index contributed by atoms with van der Waals surface area (Å²) in [5.74, 6) is 0.512. The van der Waals surface area contributed by atoms with Crippen molar-refractivity contribution in [1.82, 2.24) is 20.2 Å². The van der Waals surface area contributed by atoms with Gasteiger partial charge in [0.25, 0.3) is 0 Å². The predicted molar refractivity (Wildman–Crippen MR) is 110 cm³/mol. The Morgan fingerprint density at radius 3 is 2.65 bits per heavy atom. The van der Waals surface area contributed by atoms with E-state index in [1.165, 1.54) is 12.1 Å². The quantitative estimate of drug-likeness (QED) is 0.569. The fraction of sp³-hybridized carbons (Fsp3) is 0.333. The molecule has 7 nitrogen and oxygen atoms in total. The van der Waals surface area contributed by atoms with Gasteiger partial charge in [-0.05, 0) is 56.3 Å². The highest BCUT2D eigenvalue weighted by molar-refractivity contribution is 5.89. The number of anilines is 1. The molecule has 0 radical (unpaired) electrons. The summed E-state index contributed by atoms with van der Waals surface area (Å²) in [6.45, 7) is 0.788. The number of para-hydroxylation sites is 2. The first kappa shape index (κ1) is 21.0. The van der Waals surface area contributed by atoms with Crippen LogP contribution in [-0.2, 0) is 0 Å². The highest BCUT2D eigenvalue weighted by Crippen LogP contribution is 2.29. The fourth-order valence-electron chi connectivity index (χ4n) is 3.76. The fourth-order valence-corrected chi connectivity index (χ4v) is 3.76. The molecule has 1 fully saturated rings. The Bertz CT molecular complexity index is 1020. The minimum atomic E-state index is -4.75. The van der Waals surface area contributed by atoms with Gasteiger partial charge < -0.3 is 20.4 Å². The molecule has 10 heteroatoms. The predicted octanol–water partition coefficient (Wildman–Crippen LogP) is 4.42. The number of H-pyrrole nitrogens is 1. The van der Waals surface area contributed by atoms with Crippen LogP contribution in [0.15, 0.2) is 48.5 Å². The summed E-state index contributed by atoms with van der Waals surface area (Å²) in [4.78, 5) is 22.6. The zero-order chi connectivity index (χ0) is 22.0. The Morgan fingerprint density at radius 2 is 1.94 bits per heavy atom. The Morgan fingerprint density at radius 1 is 1.19 bits per heavy atom. The first-order valence-corrected chi connectivity index (χ1v) is 9.85. The number of aromatic nitrogens is 2. The van der Waals surface area contributed by atoms with Crippen molar-refractivity contribution in [3.63, 3.8) is 0 Å². The number of fused-ring (bicyclic) bond motifs is 1. The van der Waals surface area contributed by atoms with Gasteiger partial charge in [-0.3, -0.25) is 4.90 Å².